The molecule has 0 saturated carbocycles. The maximum absolute atomic E-state index is 11.0. The second-order valence-corrected chi connectivity index (χ2v) is 3.41. The van der Waals surface area contributed by atoms with E-state index in [0.29, 0.717) is 13.2 Å². The number of alkyl carbamates (subject to hydrolysis) is 1. The summed E-state index contributed by atoms with van der Waals surface area (Å²) in [5.74, 6) is 0. The molecule has 4 nitrogen and oxygen atoms in total. The van der Waals surface area contributed by atoms with E-state index in [1.165, 1.54) is 11.4 Å². The molecule has 0 spiro atoms. The lowest BCUT2D eigenvalue weighted by atomic mass is 10.5. The Labute approximate surface area is 90.2 Å². The molecule has 1 amide bonds. The average molecular weight is 210 g/mol. The largest absolute Gasteiger partial charge is 0.450 e. The van der Waals surface area contributed by atoms with Gasteiger partial charge in [-0.3, -0.25) is 0 Å². The number of hydrogen-bond acceptors (Lipinski definition) is 2. The number of carbonyl (C=O) groups excluding carboxylic acids is 1. The zero-order valence-corrected chi connectivity index (χ0v) is 9.54. The number of aromatic nitrogens is 1. The van der Waals surface area contributed by atoms with Gasteiger partial charge in [-0.25, -0.2) is 4.79 Å². The van der Waals surface area contributed by atoms with Crippen molar-refractivity contribution in [2.75, 3.05) is 13.2 Å². The summed E-state index contributed by atoms with van der Waals surface area (Å²) in [6, 6.07) is 4.14. The second kappa shape index (κ2) is 5.44. The molecule has 1 rings (SSSR count). The van der Waals surface area contributed by atoms with Crippen molar-refractivity contribution in [2.24, 2.45) is 0 Å². The highest BCUT2D eigenvalue weighted by molar-refractivity contribution is 5.66. The van der Waals surface area contributed by atoms with Crippen molar-refractivity contribution in [1.29, 1.82) is 0 Å². The molecular formula is C11H18N2O2. The molecule has 0 radical (unpaired) electrons. The van der Waals surface area contributed by atoms with Crippen LogP contribution in [0, 0.1) is 13.8 Å². The Morgan fingerprint density at radius 2 is 2.00 bits per heavy atom. The summed E-state index contributed by atoms with van der Waals surface area (Å²) < 4.78 is 6.92. The number of aryl methyl sites for hydroxylation is 2. The van der Waals surface area contributed by atoms with Gasteiger partial charge in [0.15, 0.2) is 0 Å². The fraction of sp³-hybridized carbons (Fsp3) is 0.545. The fourth-order valence-corrected chi connectivity index (χ4v) is 1.50. The number of rotatable bonds is 4. The number of nitrogens with one attached hydrogen (secondary N) is 1. The molecule has 0 bridgehead atoms. The highest BCUT2D eigenvalue weighted by atomic mass is 16.5. The predicted molar refractivity (Wildman–Crippen MR) is 58.9 cm³/mol. The predicted octanol–water partition coefficient (Wildman–Crippen LogP) is 1.85. The highest BCUT2D eigenvalue weighted by Gasteiger charge is 2.02. The molecule has 0 aliphatic carbocycles. The Bertz CT molecular complexity index is 312. The van der Waals surface area contributed by atoms with E-state index < -0.39 is 0 Å². The van der Waals surface area contributed by atoms with E-state index in [9.17, 15) is 4.79 Å². The molecular weight excluding hydrogens is 192 g/mol. The summed E-state index contributed by atoms with van der Waals surface area (Å²) in [5.41, 5.74) is 2.41. The van der Waals surface area contributed by atoms with Crippen LogP contribution in [0.25, 0.3) is 0 Å². The Hall–Kier alpha value is -1.45. The minimum absolute atomic E-state index is 0.347. The summed E-state index contributed by atoms with van der Waals surface area (Å²) in [7, 11) is 0. The molecule has 0 aromatic carbocycles. The molecule has 4 heteroatoms. The van der Waals surface area contributed by atoms with Crippen molar-refractivity contribution in [3.05, 3.63) is 23.5 Å². The molecule has 0 unspecified atom stereocenters. The topological polar surface area (TPSA) is 43.3 Å². The molecule has 1 heterocycles. The monoisotopic (exact) mass is 210 g/mol. The number of carbonyl (C=O) groups is 1. The third-order valence-electron chi connectivity index (χ3n) is 2.30. The smallest absolute Gasteiger partial charge is 0.407 e. The summed E-state index contributed by atoms with van der Waals surface area (Å²) in [6.07, 6.45) is -0.347. The Morgan fingerprint density at radius 3 is 2.53 bits per heavy atom. The third-order valence-corrected chi connectivity index (χ3v) is 2.30. The summed E-state index contributed by atoms with van der Waals surface area (Å²) in [5, 5.41) is 2.69. The molecule has 1 N–H and O–H groups in total. The first-order valence-electron chi connectivity index (χ1n) is 5.18. The Balaban J connectivity index is 2.35. The second-order valence-electron chi connectivity index (χ2n) is 3.41. The van der Waals surface area contributed by atoms with Gasteiger partial charge in [-0.2, -0.15) is 0 Å². The van der Waals surface area contributed by atoms with E-state index in [1.807, 2.05) is 0 Å². The van der Waals surface area contributed by atoms with Gasteiger partial charge in [0.2, 0.25) is 0 Å². The van der Waals surface area contributed by atoms with Crippen LogP contribution < -0.4 is 5.32 Å². The van der Waals surface area contributed by atoms with Gasteiger partial charge >= 0.3 is 6.09 Å². The van der Waals surface area contributed by atoms with Crippen LogP contribution in [0.5, 0.6) is 0 Å². The van der Waals surface area contributed by atoms with Crippen LogP contribution in [0.4, 0.5) is 4.79 Å². The zero-order chi connectivity index (χ0) is 11.3. The van der Waals surface area contributed by atoms with E-state index in [0.717, 1.165) is 6.54 Å². The molecule has 1 aromatic heterocycles. The quantitative estimate of drug-likeness (QED) is 0.824. The molecule has 0 atom stereocenters. The number of amides is 1. The number of ether oxygens (including phenoxy) is 1. The highest BCUT2D eigenvalue weighted by Crippen LogP contribution is 2.05. The van der Waals surface area contributed by atoms with Gasteiger partial charge in [-0.15, -0.1) is 0 Å². The summed E-state index contributed by atoms with van der Waals surface area (Å²) >= 11 is 0. The van der Waals surface area contributed by atoms with Gasteiger partial charge < -0.3 is 14.6 Å². The van der Waals surface area contributed by atoms with Crippen molar-refractivity contribution in [2.45, 2.75) is 27.3 Å². The van der Waals surface area contributed by atoms with Crippen molar-refractivity contribution < 1.29 is 9.53 Å². The van der Waals surface area contributed by atoms with E-state index in [1.54, 1.807) is 6.92 Å². The minimum Gasteiger partial charge on any atom is -0.450 e. The average Bonchev–Trinajstić information content (AvgIpc) is 2.49. The van der Waals surface area contributed by atoms with E-state index in [-0.39, 0.29) is 6.09 Å². The first kappa shape index (κ1) is 11.6. The molecule has 15 heavy (non-hydrogen) atoms. The van der Waals surface area contributed by atoms with Crippen LogP contribution >= 0.6 is 0 Å². The zero-order valence-electron chi connectivity index (χ0n) is 9.54. The van der Waals surface area contributed by atoms with E-state index in [4.69, 9.17) is 4.74 Å². The van der Waals surface area contributed by atoms with Gasteiger partial charge in [0, 0.05) is 24.5 Å². The molecule has 0 fully saturated rings. The van der Waals surface area contributed by atoms with Gasteiger partial charge in [-0.1, -0.05) is 0 Å². The summed E-state index contributed by atoms with van der Waals surface area (Å²) in [6.45, 7) is 7.68. The molecule has 0 saturated heterocycles. The SMILES string of the molecule is CCOC(=O)NCCn1c(C)ccc1C. The van der Waals surface area contributed by atoms with Crippen molar-refractivity contribution >= 4 is 6.09 Å². The van der Waals surface area contributed by atoms with Gasteiger partial charge in [0.05, 0.1) is 6.61 Å². The van der Waals surface area contributed by atoms with Crippen LogP contribution in [0.1, 0.15) is 18.3 Å². The fourth-order valence-electron chi connectivity index (χ4n) is 1.50. The molecule has 0 aliphatic rings. The standard InChI is InChI=1S/C11H18N2O2/c1-4-15-11(14)12-7-8-13-9(2)5-6-10(13)3/h5-6H,4,7-8H2,1-3H3,(H,12,14). The maximum Gasteiger partial charge on any atom is 0.407 e. The van der Waals surface area contributed by atoms with Crippen molar-refractivity contribution in [1.82, 2.24) is 9.88 Å². The van der Waals surface area contributed by atoms with Crippen molar-refractivity contribution in [3.63, 3.8) is 0 Å². The molecule has 1 aromatic rings. The first-order chi connectivity index (χ1) is 7.15. The van der Waals surface area contributed by atoms with Gasteiger partial charge in [-0.05, 0) is 32.9 Å². The maximum atomic E-state index is 11.0. The molecule has 84 valence electrons. The van der Waals surface area contributed by atoms with E-state index in [2.05, 4.69) is 35.9 Å². The first-order valence-corrected chi connectivity index (χ1v) is 5.18. The van der Waals surface area contributed by atoms with Crippen LogP contribution in [0.3, 0.4) is 0 Å². The third kappa shape index (κ3) is 3.31. The van der Waals surface area contributed by atoms with Crippen LogP contribution in [-0.4, -0.2) is 23.8 Å². The lowest BCUT2D eigenvalue weighted by Crippen LogP contribution is -2.28. The van der Waals surface area contributed by atoms with Crippen LogP contribution in [0.2, 0.25) is 0 Å². The lowest BCUT2D eigenvalue weighted by Gasteiger charge is -2.10. The van der Waals surface area contributed by atoms with Crippen LogP contribution in [-0.2, 0) is 11.3 Å². The van der Waals surface area contributed by atoms with Crippen molar-refractivity contribution in [3.8, 4) is 0 Å². The lowest BCUT2D eigenvalue weighted by molar-refractivity contribution is 0.152. The Morgan fingerprint density at radius 1 is 1.40 bits per heavy atom. The van der Waals surface area contributed by atoms with Crippen LogP contribution in [0.15, 0.2) is 12.1 Å². The van der Waals surface area contributed by atoms with Gasteiger partial charge in [0.1, 0.15) is 0 Å². The Kier molecular flexibility index (Phi) is 4.21. The number of nitrogens with zero attached hydrogens (tertiary/aromatic N) is 1. The van der Waals surface area contributed by atoms with Gasteiger partial charge in [0.25, 0.3) is 0 Å². The minimum atomic E-state index is -0.347. The summed E-state index contributed by atoms with van der Waals surface area (Å²) in [4.78, 5) is 11.0. The molecule has 0 aliphatic heterocycles. The normalized spacial score (nSPS) is 10.1. The number of hydrogen-bond donors (Lipinski definition) is 1. The van der Waals surface area contributed by atoms with E-state index >= 15 is 0 Å².